The normalized spacial score (nSPS) is 16.6. The van der Waals surface area contributed by atoms with Gasteiger partial charge in [-0.25, -0.2) is 8.42 Å². The topological polar surface area (TPSA) is 69.7 Å². The minimum atomic E-state index is -3.75. The molecule has 1 amide bonds. The molecule has 1 heterocycles. The van der Waals surface area contributed by atoms with Gasteiger partial charge >= 0.3 is 0 Å². The third-order valence-electron chi connectivity index (χ3n) is 4.32. The molecule has 1 aromatic carbocycles. The third-order valence-corrected chi connectivity index (χ3v) is 7.17. The Morgan fingerprint density at radius 2 is 1.73 bits per heavy atom. The summed E-state index contributed by atoms with van der Waals surface area (Å²) in [6, 6.07) is 4.64. The Morgan fingerprint density at radius 1 is 1.12 bits per heavy atom. The van der Waals surface area contributed by atoms with Crippen molar-refractivity contribution in [3.63, 3.8) is 0 Å². The van der Waals surface area contributed by atoms with Crippen LogP contribution in [0.1, 0.15) is 26.2 Å². The molecule has 0 spiro atoms. The number of benzene rings is 1. The number of hydrogen-bond donors (Lipinski definition) is 1. The zero-order valence-electron chi connectivity index (χ0n) is 14.9. The summed E-state index contributed by atoms with van der Waals surface area (Å²) in [5.74, 6) is -0.0217. The first-order valence-corrected chi connectivity index (χ1v) is 11.0. The van der Waals surface area contributed by atoms with Gasteiger partial charge in [0.1, 0.15) is 4.90 Å². The van der Waals surface area contributed by atoms with E-state index in [1.165, 1.54) is 16.4 Å². The van der Waals surface area contributed by atoms with Gasteiger partial charge in [0.15, 0.2) is 0 Å². The lowest BCUT2D eigenvalue weighted by Gasteiger charge is -2.33. The Kier molecular flexibility index (Phi) is 8.16. The van der Waals surface area contributed by atoms with Crippen molar-refractivity contribution in [2.24, 2.45) is 0 Å². The highest BCUT2D eigenvalue weighted by Crippen LogP contribution is 2.31. The number of rotatable bonds is 8. The van der Waals surface area contributed by atoms with E-state index in [0.29, 0.717) is 32.7 Å². The van der Waals surface area contributed by atoms with Crippen LogP contribution in [0.5, 0.6) is 0 Å². The van der Waals surface area contributed by atoms with Gasteiger partial charge in [-0.15, -0.1) is 0 Å². The van der Waals surface area contributed by atoms with Gasteiger partial charge < -0.3 is 5.32 Å². The molecule has 1 aliphatic rings. The SMILES string of the molecule is CCCCCNC(=O)CN1CCN(S(=O)(=O)c2c(Cl)cccc2Cl)CC1. The van der Waals surface area contributed by atoms with Crippen molar-refractivity contribution in [3.05, 3.63) is 28.2 Å². The maximum atomic E-state index is 12.8. The standard InChI is InChI=1S/C17H25Cl2N3O3S/c1-2-3-4-8-20-16(23)13-21-9-11-22(12-10-21)26(24,25)17-14(18)6-5-7-15(17)19/h5-7H,2-4,8-13H2,1H3,(H,20,23). The summed E-state index contributed by atoms with van der Waals surface area (Å²) in [6.07, 6.45) is 3.19. The van der Waals surface area contributed by atoms with Gasteiger partial charge in [0.05, 0.1) is 16.6 Å². The molecule has 26 heavy (non-hydrogen) atoms. The predicted molar refractivity (Wildman–Crippen MR) is 104 cm³/mol. The van der Waals surface area contributed by atoms with Gasteiger partial charge in [0, 0.05) is 32.7 Å². The fourth-order valence-electron chi connectivity index (χ4n) is 2.85. The summed E-state index contributed by atoms with van der Waals surface area (Å²) in [4.78, 5) is 13.8. The fraction of sp³-hybridized carbons (Fsp3) is 0.588. The Bertz CT molecular complexity index is 700. The summed E-state index contributed by atoms with van der Waals surface area (Å²) >= 11 is 12.1. The molecular formula is C17H25Cl2N3O3S. The van der Waals surface area contributed by atoms with Gasteiger partial charge in [0.2, 0.25) is 15.9 Å². The smallest absolute Gasteiger partial charge is 0.246 e. The molecular weight excluding hydrogens is 397 g/mol. The van der Waals surface area contributed by atoms with Crippen molar-refractivity contribution in [2.75, 3.05) is 39.3 Å². The molecule has 2 rings (SSSR count). The second-order valence-corrected chi connectivity index (χ2v) is 8.98. The largest absolute Gasteiger partial charge is 0.355 e. The fourth-order valence-corrected chi connectivity index (χ4v) is 5.36. The minimum Gasteiger partial charge on any atom is -0.355 e. The summed E-state index contributed by atoms with van der Waals surface area (Å²) in [7, 11) is -3.75. The zero-order valence-corrected chi connectivity index (χ0v) is 17.2. The molecule has 0 radical (unpaired) electrons. The van der Waals surface area contributed by atoms with Crippen LogP contribution in [0, 0.1) is 0 Å². The Balaban J connectivity index is 1.89. The van der Waals surface area contributed by atoms with E-state index < -0.39 is 10.0 Å². The average Bonchev–Trinajstić information content (AvgIpc) is 2.59. The molecule has 0 aromatic heterocycles. The van der Waals surface area contributed by atoms with Crippen LogP contribution >= 0.6 is 23.2 Å². The van der Waals surface area contributed by atoms with Gasteiger partial charge in [-0.05, 0) is 18.6 Å². The highest BCUT2D eigenvalue weighted by molar-refractivity contribution is 7.89. The molecule has 9 heteroatoms. The molecule has 146 valence electrons. The lowest BCUT2D eigenvalue weighted by Crippen LogP contribution is -2.51. The van der Waals surface area contributed by atoms with Crippen LogP contribution in [-0.4, -0.2) is 62.8 Å². The first-order valence-electron chi connectivity index (χ1n) is 8.79. The number of halogens is 2. The lowest BCUT2D eigenvalue weighted by molar-refractivity contribution is -0.122. The van der Waals surface area contributed by atoms with Crippen molar-refractivity contribution in [3.8, 4) is 0 Å². The summed E-state index contributed by atoms with van der Waals surface area (Å²) in [6.45, 7) is 4.66. The molecule has 0 atom stereocenters. The first kappa shape index (κ1) is 21.4. The summed E-state index contributed by atoms with van der Waals surface area (Å²) < 4.78 is 27.0. The molecule has 6 nitrogen and oxygen atoms in total. The monoisotopic (exact) mass is 421 g/mol. The number of nitrogens with zero attached hydrogens (tertiary/aromatic N) is 2. The van der Waals surface area contributed by atoms with Crippen molar-refractivity contribution in [1.29, 1.82) is 0 Å². The minimum absolute atomic E-state index is 0.0217. The second kappa shape index (κ2) is 9.90. The van der Waals surface area contributed by atoms with E-state index in [4.69, 9.17) is 23.2 Å². The molecule has 1 aromatic rings. The molecule has 1 saturated heterocycles. The van der Waals surface area contributed by atoms with Crippen LogP contribution in [0.25, 0.3) is 0 Å². The molecule has 0 bridgehead atoms. The molecule has 1 aliphatic heterocycles. The van der Waals surface area contributed by atoms with Crippen LogP contribution < -0.4 is 5.32 Å². The van der Waals surface area contributed by atoms with E-state index in [2.05, 4.69) is 12.2 Å². The van der Waals surface area contributed by atoms with Crippen LogP contribution in [0.3, 0.4) is 0 Å². The maximum absolute atomic E-state index is 12.8. The second-order valence-electron chi connectivity index (χ2n) is 6.29. The summed E-state index contributed by atoms with van der Waals surface area (Å²) in [5.41, 5.74) is 0. The van der Waals surface area contributed by atoms with Crippen LogP contribution in [0.15, 0.2) is 23.1 Å². The number of unbranched alkanes of at least 4 members (excludes halogenated alkanes) is 2. The van der Waals surface area contributed by atoms with Crippen molar-refractivity contribution in [2.45, 2.75) is 31.1 Å². The van der Waals surface area contributed by atoms with E-state index in [-0.39, 0.29) is 27.4 Å². The molecule has 0 aliphatic carbocycles. The van der Waals surface area contributed by atoms with E-state index in [1.807, 2.05) is 4.90 Å². The zero-order chi connectivity index (χ0) is 19.2. The van der Waals surface area contributed by atoms with Crippen molar-refractivity contribution in [1.82, 2.24) is 14.5 Å². The van der Waals surface area contributed by atoms with Gasteiger partial charge in [-0.2, -0.15) is 4.31 Å². The van der Waals surface area contributed by atoms with Crippen LogP contribution in [-0.2, 0) is 14.8 Å². The number of carbonyl (C=O) groups is 1. The number of piperazine rings is 1. The Morgan fingerprint density at radius 3 is 2.31 bits per heavy atom. The number of hydrogen-bond acceptors (Lipinski definition) is 4. The highest BCUT2D eigenvalue weighted by atomic mass is 35.5. The predicted octanol–water partition coefficient (Wildman–Crippen LogP) is 2.61. The highest BCUT2D eigenvalue weighted by Gasteiger charge is 2.32. The Hall–Kier alpha value is -0.860. The van der Waals surface area contributed by atoms with Crippen molar-refractivity contribution >= 4 is 39.1 Å². The molecule has 0 unspecified atom stereocenters. The van der Waals surface area contributed by atoms with E-state index in [0.717, 1.165) is 19.3 Å². The maximum Gasteiger partial charge on any atom is 0.246 e. The lowest BCUT2D eigenvalue weighted by atomic mass is 10.2. The number of sulfonamides is 1. The molecule has 1 fully saturated rings. The van der Waals surface area contributed by atoms with Crippen LogP contribution in [0.2, 0.25) is 10.0 Å². The Labute approximate surface area is 165 Å². The van der Waals surface area contributed by atoms with E-state index in [1.54, 1.807) is 6.07 Å². The van der Waals surface area contributed by atoms with Gasteiger partial charge in [-0.1, -0.05) is 49.0 Å². The molecule has 0 saturated carbocycles. The number of nitrogens with one attached hydrogen (secondary N) is 1. The van der Waals surface area contributed by atoms with Crippen molar-refractivity contribution < 1.29 is 13.2 Å². The molecule has 1 N–H and O–H groups in total. The third kappa shape index (κ3) is 5.57. The number of amides is 1. The van der Waals surface area contributed by atoms with E-state index >= 15 is 0 Å². The average molecular weight is 422 g/mol. The van der Waals surface area contributed by atoms with E-state index in [9.17, 15) is 13.2 Å². The number of carbonyl (C=O) groups excluding carboxylic acids is 1. The quantitative estimate of drug-likeness (QED) is 0.654. The van der Waals surface area contributed by atoms with Crippen LogP contribution in [0.4, 0.5) is 0 Å². The van der Waals surface area contributed by atoms with Gasteiger partial charge in [-0.3, -0.25) is 9.69 Å². The summed E-state index contributed by atoms with van der Waals surface area (Å²) in [5, 5.41) is 3.13. The van der Waals surface area contributed by atoms with Gasteiger partial charge in [0.25, 0.3) is 0 Å². The first-order chi connectivity index (χ1) is 12.4.